The molecule has 0 unspecified atom stereocenters. The zero-order chi connectivity index (χ0) is 43.7. The van der Waals surface area contributed by atoms with Crippen LogP contribution >= 0.6 is 0 Å². The van der Waals surface area contributed by atoms with Gasteiger partial charge in [-0.25, -0.2) is 0 Å². The molecular formula is C52H63F3IrNO2Si-. The van der Waals surface area contributed by atoms with Gasteiger partial charge in [0, 0.05) is 49.9 Å². The van der Waals surface area contributed by atoms with Crippen molar-refractivity contribution in [3.05, 3.63) is 114 Å². The van der Waals surface area contributed by atoms with Gasteiger partial charge < -0.3 is 5.11 Å². The van der Waals surface area contributed by atoms with Gasteiger partial charge in [-0.05, 0) is 81.1 Å². The van der Waals surface area contributed by atoms with E-state index in [1.807, 2.05) is 70.2 Å². The fourth-order valence-electron chi connectivity index (χ4n) is 8.51. The Hall–Kier alpha value is -3.84. The van der Waals surface area contributed by atoms with E-state index in [1.54, 1.807) is 6.07 Å². The van der Waals surface area contributed by atoms with E-state index in [0.29, 0.717) is 16.8 Å². The number of alkyl halides is 3. The maximum atomic E-state index is 14.5. The van der Waals surface area contributed by atoms with Gasteiger partial charge in [0.15, 0.2) is 5.78 Å². The van der Waals surface area contributed by atoms with Crippen LogP contribution in [0.25, 0.3) is 44.3 Å². The number of hydrogen-bond acceptors (Lipinski definition) is 3. The molecule has 60 heavy (non-hydrogen) atoms. The van der Waals surface area contributed by atoms with E-state index in [4.69, 9.17) is 0 Å². The van der Waals surface area contributed by atoms with Gasteiger partial charge in [-0.1, -0.05) is 154 Å². The van der Waals surface area contributed by atoms with Gasteiger partial charge in [0.05, 0.1) is 11.3 Å². The number of halogens is 3. The van der Waals surface area contributed by atoms with Crippen molar-refractivity contribution in [1.82, 2.24) is 4.98 Å². The van der Waals surface area contributed by atoms with Gasteiger partial charge in [-0.3, -0.25) is 9.78 Å². The van der Waals surface area contributed by atoms with E-state index in [0.717, 1.165) is 60.2 Å². The van der Waals surface area contributed by atoms with Crippen molar-refractivity contribution in [3.8, 4) is 33.5 Å². The number of aliphatic hydroxyl groups excluding tert-OH is 1. The summed E-state index contributed by atoms with van der Waals surface area (Å²) in [6.07, 6.45) is 2.34. The fourth-order valence-corrected chi connectivity index (χ4v) is 11.6. The predicted molar refractivity (Wildman–Crippen MR) is 244 cm³/mol. The molecule has 0 fully saturated rings. The second kappa shape index (κ2) is 19.0. The first kappa shape index (κ1) is 48.8. The van der Waals surface area contributed by atoms with E-state index in [2.05, 4.69) is 90.0 Å². The quantitative estimate of drug-likeness (QED) is 0.0656. The molecule has 1 N–H and O–H groups in total. The Labute approximate surface area is 371 Å². The van der Waals surface area contributed by atoms with Gasteiger partial charge in [-0.2, -0.15) is 13.2 Å². The molecule has 1 aromatic heterocycles. The average molecular weight is 1010 g/mol. The van der Waals surface area contributed by atoms with Crippen molar-refractivity contribution in [1.29, 1.82) is 0 Å². The van der Waals surface area contributed by atoms with Crippen LogP contribution in [0, 0.1) is 23.3 Å². The monoisotopic (exact) mass is 1010 g/mol. The molecule has 8 heteroatoms. The van der Waals surface area contributed by atoms with Crippen molar-refractivity contribution in [3.63, 3.8) is 0 Å². The first-order valence-corrected chi connectivity index (χ1v) is 24.3. The molecule has 0 atom stereocenters. The molecule has 1 radical (unpaired) electrons. The second-order valence-corrected chi connectivity index (χ2v) is 23.3. The van der Waals surface area contributed by atoms with E-state index >= 15 is 0 Å². The Balaban J connectivity index is 0.000000425. The zero-order valence-corrected chi connectivity index (χ0v) is 40.9. The van der Waals surface area contributed by atoms with Gasteiger partial charge >= 0.3 is 6.18 Å². The van der Waals surface area contributed by atoms with Crippen LogP contribution in [0.15, 0.2) is 90.8 Å². The summed E-state index contributed by atoms with van der Waals surface area (Å²) in [6, 6.07) is 27.8. The predicted octanol–water partition coefficient (Wildman–Crippen LogP) is 13.9. The third kappa shape index (κ3) is 10.8. The van der Waals surface area contributed by atoms with Crippen molar-refractivity contribution < 1.29 is 43.2 Å². The molecule has 1 aliphatic heterocycles. The maximum Gasteiger partial charge on any atom is 0.418 e. The summed E-state index contributed by atoms with van der Waals surface area (Å²) >= 11 is 0. The molecule has 0 saturated carbocycles. The third-order valence-corrected chi connectivity index (χ3v) is 15.5. The number of nitrogens with zero attached hydrogens (tertiary/aromatic N) is 1. The first-order chi connectivity index (χ1) is 27.5. The number of fused-ring (bicyclic) bond motifs is 4. The van der Waals surface area contributed by atoms with E-state index < -0.39 is 19.8 Å². The molecule has 6 rings (SSSR count). The van der Waals surface area contributed by atoms with Crippen LogP contribution < -0.4 is 10.4 Å². The van der Waals surface area contributed by atoms with Crippen molar-refractivity contribution >= 4 is 35.0 Å². The van der Waals surface area contributed by atoms with Crippen LogP contribution in [0.4, 0.5) is 13.2 Å². The van der Waals surface area contributed by atoms with Gasteiger partial charge in [0.1, 0.15) is 8.07 Å². The molecule has 0 bridgehead atoms. The minimum absolute atomic E-state index is 0. The van der Waals surface area contributed by atoms with Crippen LogP contribution in [-0.4, -0.2) is 23.9 Å². The SMILES string of the molecule is CC(C)(C)Cc1ccc2c(c1)[Si](C)(C)c1cc(-c3cc(-c4[c-]c5ccccc5c(C(C)(C)C)c4)ncc3C(F)(F)F)ccc1-2.CCC(CC)C(=O)/C=C(\O)C(CC)CC.[Ir]. The van der Waals surface area contributed by atoms with Gasteiger partial charge in [-0.15, -0.1) is 29.1 Å². The molecule has 3 nitrogen and oxygen atoms in total. The third-order valence-electron chi connectivity index (χ3n) is 11.9. The number of rotatable bonds is 10. The standard InChI is InChI=1S/C39H39F3NSi.C13H24O2.Ir/c1-37(2,3)22-24-13-15-29-30-16-14-26(20-36(30)44(7,8)35(29)17-24)31-21-34(43-23-33(31)39(40,41)42)27-18-25-11-9-10-12-28(25)32(19-27)38(4,5)6;1-5-10(6-2)12(14)9-13(15)11(7-3)8-4;/h9-17,19-21,23H,22H2,1-8H3;9-11,14H,5-8H2,1-4H3;/q-1;;/b;12-9-;. The van der Waals surface area contributed by atoms with Crippen LogP contribution in [0.3, 0.4) is 0 Å². The number of carbonyl (C=O) groups is 1. The Morgan fingerprint density at radius 2 is 1.35 bits per heavy atom. The number of hydrogen-bond donors (Lipinski definition) is 1. The Morgan fingerprint density at radius 1 is 0.767 bits per heavy atom. The second-order valence-electron chi connectivity index (χ2n) is 19.0. The summed E-state index contributed by atoms with van der Waals surface area (Å²) in [6.45, 7) is 25.8. The zero-order valence-electron chi connectivity index (χ0n) is 37.5. The molecule has 0 amide bonds. The van der Waals surface area contributed by atoms with Crippen LogP contribution in [0.2, 0.25) is 13.1 Å². The summed E-state index contributed by atoms with van der Waals surface area (Å²) < 4.78 is 43.4. The summed E-state index contributed by atoms with van der Waals surface area (Å²) in [5.41, 5.74) is 5.95. The Morgan fingerprint density at radius 3 is 1.92 bits per heavy atom. The summed E-state index contributed by atoms with van der Waals surface area (Å²) in [5.74, 6) is 0.547. The van der Waals surface area contributed by atoms with Crippen LogP contribution in [0.1, 0.15) is 112 Å². The van der Waals surface area contributed by atoms with Crippen molar-refractivity contribution in [2.24, 2.45) is 17.3 Å². The topological polar surface area (TPSA) is 50.2 Å². The maximum absolute atomic E-state index is 14.5. The Kier molecular flexibility index (Phi) is 15.5. The van der Waals surface area contributed by atoms with E-state index in [-0.39, 0.29) is 59.9 Å². The molecule has 2 heterocycles. The van der Waals surface area contributed by atoms with Crippen LogP contribution in [0.5, 0.6) is 0 Å². The summed E-state index contributed by atoms with van der Waals surface area (Å²) in [4.78, 5) is 16.1. The molecule has 1 aliphatic rings. The van der Waals surface area contributed by atoms with E-state index in [1.165, 1.54) is 27.6 Å². The molecule has 0 spiro atoms. The fraction of sp³-hybridized carbons (Fsp3) is 0.423. The average Bonchev–Trinajstić information content (AvgIpc) is 3.38. The minimum Gasteiger partial charge on any atom is -0.512 e. The number of aliphatic hydroxyl groups is 1. The number of aromatic nitrogens is 1. The number of ketones is 1. The summed E-state index contributed by atoms with van der Waals surface area (Å²) in [5, 5.41) is 14.3. The van der Waals surface area contributed by atoms with Crippen LogP contribution in [-0.2, 0) is 42.9 Å². The molecule has 5 aromatic rings. The van der Waals surface area contributed by atoms with Crippen molar-refractivity contribution in [2.75, 3.05) is 0 Å². The number of benzene rings is 4. The van der Waals surface area contributed by atoms with E-state index in [9.17, 15) is 23.1 Å². The molecule has 0 aliphatic carbocycles. The number of pyridine rings is 1. The summed E-state index contributed by atoms with van der Waals surface area (Å²) in [7, 11) is -2.16. The smallest absolute Gasteiger partial charge is 0.418 e. The van der Waals surface area contributed by atoms with Gasteiger partial charge in [0.25, 0.3) is 0 Å². The molecule has 4 aromatic carbocycles. The van der Waals surface area contributed by atoms with Gasteiger partial charge in [0.2, 0.25) is 0 Å². The molecule has 0 saturated heterocycles. The number of allylic oxidation sites excluding steroid dienone is 2. The normalized spacial score (nSPS) is 13.8. The number of carbonyl (C=O) groups excluding carboxylic acids is 1. The van der Waals surface area contributed by atoms with Crippen molar-refractivity contribution in [2.45, 2.75) is 126 Å². The first-order valence-electron chi connectivity index (χ1n) is 21.3. The molecule has 323 valence electrons. The Bertz CT molecular complexity index is 2340. The minimum atomic E-state index is -4.54. The largest absolute Gasteiger partial charge is 0.512 e. The molecular weight excluding hydrogens is 948 g/mol.